The van der Waals surface area contributed by atoms with Crippen molar-refractivity contribution in [3.63, 3.8) is 0 Å². The van der Waals surface area contributed by atoms with Crippen LogP contribution in [0.25, 0.3) is 16.8 Å². The predicted octanol–water partition coefficient (Wildman–Crippen LogP) is 7.32. The lowest BCUT2D eigenvalue weighted by Crippen LogP contribution is -2.35. The number of rotatable bonds is 4. The second kappa shape index (κ2) is 7.63. The Kier molecular flexibility index (Phi) is 4.78. The minimum atomic E-state index is -0.706. The van der Waals surface area contributed by atoms with Crippen LogP contribution in [0.1, 0.15) is 42.0 Å². The van der Waals surface area contributed by atoms with E-state index < -0.39 is 5.60 Å². The molecule has 0 saturated heterocycles. The highest BCUT2D eigenvalue weighted by Crippen LogP contribution is 2.46. The maximum Gasteiger partial charge on any atom is 0.178 e. The molecule has 1 unspecified atom stereocenters. The molecule has 0 fully saturated rings. The van der Waals surface area contributed by atoms with Crippen molar-refractivity contribution in [1.82, 2.24) is 0 Å². The molecule has 0 spiro atoms. The van der Waals surface area contributed by atoms with Crippen molar-refractivity contribution in [1.29, 1.82) is 0 Å². The van der Waals surface area contributed by atoms with Crippen molar-refractivity contribution in [3.05, 3.63) is 113 Å². The highest BCUT2D eigenvalue weighted by atomic mass is 16.5. The molecule has 0 saturated carbocycles. The first kappa shape index (κ1) is 19.4. The van der Waals surface area contributed by atoms with Gasteiger partial charge in [0.1, 0.15) is 11.5 Å². The summed E-state index contributed by atoms with van der Waals surface area (Å²) < 4.78 is 12.3. The molecule has 1 aliphatic rings. The maximum atomic E-state index is 6.94. The van der Waals surface area contributed by atoms with Gasteiger partial charge in [0.2, 0.25) is 0 Å². The van der Waals surface area contributed by atoms with Gasteiger partial charge in [-0.15, -0.1) is 0 Å². The van der Waals surface area contributed by atoms with Crippen LogP contribution in [0.15, 0.2) is 91.0 Å². The quantitative estimate of drug-likeness (QED) is 0.353. The molecule has 0 aliphatic carbocycles. The third kappa shape index (κ3) is 3.19. The number of hydrogen-bond donors (Lipinski definition) is 0. The van der Waals surface area contributed by atoms with Crippen molar-refractivity contribution >= 4 is 16.8 Å². The molecule has 4 aromatic carbocycles. The Morgan fingerprint density at radius 3 is 2.32 bits per heavy atom. The molecule has 1 atom stereocenters. The fourth-order valence-corrected chi connectivity index (χ4v) is 4.58. The van der Waals surface area contributed by atoms with Crippen molar-refractivity contribution in [2.75, 3.05) is 7.11 Å². The molecule has 4 aromatic rings. The Hall–Kier alpha value is -3.52. The molecule has 2 nitrogen and oxygen atoms in total. The van der Waals surface area contributed by atoms with E-state index in [0.29, 0.717) is 5.92 Å². The Morgan fingerprint density at radius 2 is 1.55 bits per heavy atom. The third-order valence-electron chi connectivity index (χ3n) is 6.19. The third-order valence-corrected chi connectivity index (χ3v) is 6.19. The molecule has 2 heteroatoms. The van der Waals surface area contributed by atoms with Gasteiger partial charge in [-0.2, -0.15) is 0 Å². The summed E-state index contributed by atoms with van der Waals surface area (Å²) in [6, 6.07) is 29.5. The number of ether oxygens (including phenoxy) is 2. The van der Waals surface area contributed by atoms with Crippen LogP contribution in [0.4, 0.5) is 0 Å². The summed E-state index contributed by atoms with van der Waals surface area (Å²) in [5.41, 5.74) is 3.96. The van der Waals surface area contributed by atoms with Crippen LogP contribution < -0.4 is 9.47 Å². The average Bonchev–Trinajstić information content (AvgIpc) is 2.83. The van der Waals surface area contributed by atoms with Crippen LogP contribution in [-0.4, -0.2) is 7.11 Å². The molecule has 5 rings (SSSR count). The minimum absolute atomic E-state index is 0.376. The summed E-state index contributed by atoms with van der Waals surface area (Å²) >= 11 is 0. The van der Waals surface area contributed by atoms with E-state index in [1.807, 2.05) is 12.1 Å². The monoisotopic (exact) mass is 406 g/mol. The van der Waals surface area contributed by atoms with Gasteiger partial charge in [0.05, 0.1) is 7.11 Å². The maximum absolute atomic E-state index is 6.94. The number of fused-ring (bicyclic) bond motifs is 3. The van der Waals surface area contributed by atoms with Crippen LogP contribution in [0.5, 0.6) is 11.5 Å². The van der Waals surface area contributed by atoms with E-state index in [9.17, 15) is 0 Å². The number of methoxy groups -OCH3 is 1. The van der Waals surface area contributed by atoms with Crippen molar-refractivity contribution in [3.8, 4) is 11.5 Å². The average molecular weight is 407 g/mol. The van der Waals surface area contributed by atoms with Crippen LogP contribution in [-0.2, 0) is 5.60 Å². The van der Waals surface area contributed by atoms with Gasteiger partial charge in [-0.25, -0.2) is 0 Å². The summed E-state index contributed by atoms with van der Waals surface area (Å²) in [7, 11) is 1.69. The topological polar surface area (TPSA) is 18.5 Å². The van der Waals surface area contributed by atoms with Gasteiger partial charge in [0, 0.05) is 16.7 Å². The van der Waals surface area contributed by atoms with Gasteiger partial charge < -0.3 is 9.47 Å². The Bertz CT molecular complexity index is 1270. The lowest BCUT2D eigenvalue weighted by Gasteiger charge is -2.38. The fraction of sp³-hybridized carbons (Fsp3) is 0.172. The highest BCUT2D eigenvalue weighted by Gasteiger charge is 2.39. The second-order valence-corrected chi connectivity index (χ2v) is 8.34. The highest BCUT2D eigenvalue weighted by molar-refractivity contribution is 5.94. The summed E-state index contributed by atoms with van der Waals surface area (Å²) in [5, 5.41) is 2.42. The molecule has 1 aliphatic heterocycles. The first-order chi connectivity index (χ1) is 15.1. The molecule has 0 N–H and O–H groups in total. The zero-order valence-corrected chi connectivity index (χ0v) is 18.1. The van der Waals surface area contributed by atoms with E-state index in [4.69, 9.17) is 9.47 Å². The van der Waals surface area contributed by atoms with Gasteiger partial charge in [0.15, 0.2) is 5.60 Å². The van der Waals surface area contributed by atoms with E-state index in [2.05, 4.69) is 98.8 Å². The van der Waals surface area contributed by atoms with E-state index in [0.717, 1.165) is 22.6 Å². The standard InChI is InChI=1S/C29H26O2/c1-20(2)24-9-6-7-11-27(24)29(22-13-15-23(30-3)16-14-22)19-18-26-25-10-5-4-8-21(25)12-17-28(26)31-29/h4-20H,1-3H3. The molecule has 0 aromatic heterocycles. The molecular weight excluding hydrogens is 380 g/mol. The first-order valence-corrected chi connectivity index (χ1v) is 10.8. The lowest BCUT2D eigenvalue weighted by atomic mass is 9.79. The summed E-state index contributed by atoms with van der Waals surface area (Å²) in [4.78, 5) is 0. The molecule has 0 bridgehead atoms. The SMILES string of the molecule is COc1ccc(C2(c3ccccc3C(C)C)C=Cc3c(ccc4ccccc34)O2)cc1. The molecular formula is C29H26O2. The first-order valence-electron chi connectivity index (χ1n) is 10.8. The van der Waals surface area contributed by atoms with Gasteiger partial charge >= 0.3 is 0 Å². The molecule has 1 heterocycles. The second-order valence-electron chi connectivity index (χ2n) is 8.34. The number of benzene rings is 4. The van der Waals surface area contributed by atoms with Crippen LogP contribution >= 0.6 is 0 Å². The van der Waals surface area contributed by atoms with Crippen molar-refractivity contribution in [2.24, 2.45) is 0 Å². The van der Waals surface area contributed by atoms with Gasteiger partial charge in [0.25, 0.3) is 0 Å². The molecule has 31 heavy (non-hydrogen) atoms. The van der Waals surface area contributed by atoms with Gasteiger partial charge in [-0.1, -0.05) is 80.6 Å². The fourth-order valence-electron chi connectivity index (χ4n) is 4.58. The van der Waals surface area contributed by atoms with E-state index in [-0.39, 0.29) is 0 Å². The lowest BCUT2D eigenvalue weighted by molar-refractivity contribution is 0.160. The number of hydrogen-bond acceptors (Lipinski definition) is 2. The Labute approximate surface area is 183 Å². The van der Waals surface area contributed by atoms with E-state index in [1.54, 1.807) is 7.11 Å². The normalized spacial score (nSPS) is 17.4. The molecule has 0 amide bonds. The largest absolute Gasteiger partial charge is 0.497 e. The zero-order valence-electron chi connectivity index (χ0n) is 18.1. The van der Waals surface area contributed by atoms with Crippen molar-refractivity contribution in [2.45, 2.75) is 25.4 Å². The van der Waals surface area contributed by atoms with Gasteiger partial charge in [-0.3, -0.25) is 0 Å². The Balaban J connectivity index is 1.75. The van der Waals surface area contributed by atoms with Crippen molar-refractivity contribution < 1.29 is 9.47 Å². The van der Waals surface area contributed by atoms with Crippen LogP contribution in [0.2, 0.25) is 0 Å². The summed E-state index contributed by atoms with van der Waals surface area (Å²) in [5.74, 6) is 2.11. The van der Waals surface area contributed by atoms with Crippen LogP contribution in [0, 0.1) is 0 Å². The smallest absolute Gasteiger partial charge is 0.178 e. The zero-order chi connectivity index (χ0) is 21.4. The molecule has 0 radical (unpaired) electrons. The summed E-state index contributed by atoms with van der Waals surface area (Å²) in [6.45, 7) is 4.46. The van der Waals surface area contributed by atoms with Gasteiger partial charge in [-0.05, 0) is 52.6 Å². The van der Waals surface area contributed by atoms with E-state index >= 15 is 0 Å². The minimum Gasteiger partial charge on any atom is -0.497 e. The Morgan fingerprint density at radius 1 is 0.806 bits per heavy atom. The molecule has 154 valence electrons. The van der Waals surface area contributed by atoms with E-state index in [1.165, 1.54) is 21.9 Å². The summed E-state index contributed by atoms with van der Waals surface area (Å²) in [6.07, 6.45) is 4.44. The predicted molar refractivity (Wildman–Crippen MR) is 128 cm³/mol. The van der Waals surface area contributed by atoms with Crippen LogP contribution in [0.3, 0.4) is 0 Å².